The summed E-state index contributed by atoms with van der Waals surface area (Å²) in [5.74, 6) is 0. The fourth-order valence-electron chi connectivity index (χ4n) is 2.45. The lowest BCUT2D eigenvalue weighted by atomic mass is 10.1. The van der Waals surface area contributed by atoms with Crippen LogP contribution in [0.5, 0.6) is 0 Å². The Labute approximate surface area is 106 Å². The standard InChI is InChI=1S/C15H26N2/c1-7-14-8-10-15(11-9-14)12-17(5,6)13-16(2,3)4/h7-11H,1,12-13H2,2-6H3/q+2. The predicted molar refractivity (Wildman–Crippen MR) is 75.2 cm³/mol. The summed E-state index contributed by atoms with van der Waals surface area (Å²) in [7, 11) is 11.3. The zero-order valence-corrected chi connectivity index (χ0v) is 11.9. The lowest BCUT2D eigenvalue weighted by Gasteiger charge is -2.36. The molecule has 17 heavy (non-hydrogen) atoms. The Morgan fingerprint density at radius 1 is 1.00 bits per heavy atom. The molecule has 0 amide bonds. The van der Waals surface area contributed by atoms with Gasteiger partial charge < -0.3 is 0 Å². The topological polar surface area (TPSA) is 0 Å². The molecule has 0 saturated carbocycles. The van der Waals surface area contributed by atoms with Gasteiger partial charge in [0.15, 0.2) is 0 Å². The predicted octanol–water partition coefficient (Wildman–Crippen LogP) is 2.57. The van der Waals surface area contributed by atoms with Gasteiger partial charge in [0.2, 0.25) is 6.67 Å². The van der Waals surface area contributed by atoms with Crippen LogP contribution in [0.15, 0.2) is 30.8 Å². The zero-order chi connectivity index (χ0) is 13.1. The minimum Gasteiger partial charge on any atom is -0.284 e. The Bertz CT molecular complexity index is 369. The third-order valence-electron chi connectivity index (χ3n) is 2.63. The van der Waals surface area contributed by atoms with Crippen molar-refractivity contribution in [3.63, 3.8) is 0 Å². The average molecular weight is 234 g/mol. The highest BCUT2D eigenvalue weighted by Crippen LogP contribution is 2.13. The molecule has 2 nitrogen and oxygen atoms in total. The summed E-state index contributed by atoms with van der Waals surface area (Å²) in [5.41, 5.74) is 2.57. The molecule has 94 valence electrons. The first-order chi connectivity index (χ1) is 7.72. The Morgan fingerprint density at radius 3 is 1.94 bits per heavy atom. The molecule has 0 saturated heterocycles. The Kier molecular flexibility index (Phi) is 4.12. The molecule has 1 aromatic rings. The van der Waals surface area contributed by atoms with E-state index in [1.807, 2.05) is 6.08 Å². The molecule has 0 aliphatic heterocycles. The van der Waals surface area contributed by atoms with E-state index in [1.54, 1.807) is 0 Å². The largest absolute Gasteiger partial charge is 0.284 e. The first-order valence-electron chi connectivity index (χ1n) is 6.06. The summed E-state index contributed by atoms with van der Waals surface area (Å²) in [6.07, 6.45) is 1.88. The fraction of sp³-hybridized carbons (Fsp3) is 0.467. The number of rotatable bonds is 5. The molecule has 0 bridgehead atoms. The van der Waals surface area contributed by atoms with Gasteiger partial charge in [-0.25, -0.2) is 0 Å². The molecule has 0 fully saturated rings. The van der Waals surface area contributed by atoms with E-state index in [4.69, 9.17) is 0 Å². The summed E-state index contributed by atoms with van der Waals surface area (Å²) in [4.78, 5) is 0. The quantitative estimate of drug-likeness (QED) is 0.542. The second-order valence-electron chi connectivity index (χ2n) is 6.47. The van der Waals surface area contributed by atoms with Crippen molar-refractivity contribution in [1.29, 1.82) is 0 Å². The highest BCUT2D eigenvalue weighted by atomic mass is 15.5. The minimum atomic E-state index is 0.984. The smallest absolute Gasteiger partial charge is 0.206 e. The average Bonchev–Trinajstić information content (AvgIpc) is 2.14. The summed E-state index contributed by atoms with van der Waals surface area (Å²) in [6.45, 7) is 5.95. The van der Waals surface area contributed by atoms with E-state index in [9.17, 15) is 0 Å². The van der Waals surface area contributed by atoms with Gasteiger partial charge in [0.05, 0.1) is 35.2 Å². The van der Waals surface area contributed by atoms with Crippen LogP contribution in [0.25, 0.3) is 6.08 Å². The van der Waals surface area contributed by atoms with Crippen LogP contribution in [0.1, 0.15) is 11.1 Å². The fourth-order valence-corrected chi connectivity index (χ4v) is 2.45. The summed E-state index contributed by atoms with van der Waals surface area (Å²) in [5, 5.41) is 0. The van der Waals surface area contributed by atoms with Crippen molar-refractivity contribution in [2.45, 2.75) is 6.54 Å². The normalized spacial score (nSPS) is 12.5. The monoisotopic (exact) mass is 234 g/mol. The molecular formula is C15H26N2+2. The highest BCUT2D eigenvalue weighted by Gasteiger charge is 2.23. The van der Waals surface area contributed by atoms with E-state index in [2.05, 4.69) is 66.1 Å². The Morgan fingerprint density at radius 2 is 1.53 bits per heavy atom. The summed E-state index contributed by atoms with van der Waals surface area (Å²) in [6, 6.07) is 8.67. The second-order valence-corrected chi connectivity index (χ2v) is 6.47. The van der Waals surface area contributed by atoms with Crippen LogP contribution in [0, 0.1) is 0 Å². The first-order valence-corrected chi connectivity index (χ1v) is 6.06. The zero-order valence-electron chi connectivity index (χ0n) is 11.9. The van der Waals surface area contributed by atoms with Crippen LogP contribution in [0.2, 0.25) is 0 Å². The molecule has 1 rings (SSSR count). The van der Waals surface area contributed by atoms with E-state index in [0.717, 1.165) is 22.2 Å². The number of hydrogen-bond acceptors (Lipinski definition) is 0. The SMILES string of the molecule is C=Cc1ccc(C[N+](C)(C)C[N+](C)(C)C)cc1. The van der Waals surface area contributed by atoms with Crippen molar-refractivity contribution < 1.29 is 8.97 Å². The molecule has 0 aliphatic rings. The lowest BCUT2D eigenvalue weighted by molar-refractivity contribution is -1.07. The minimum absolute atomic E-state index is 0.984. The molecule has 2 heteroatoms. The van der Waals surface area contributed by atoms with Gasteiger partial charge in [-0.1, -0.05) is 36.9 Å². The van der Waals surface area contributed by atoms with Crippen molar-refractivity contribution in [3.05, 3.63) is 42.0 Å². The van der Waals surface area contributed by atoms with E-state index >= 15 is 0 Å². The van der Waals surface area contributed by atoms with Gasteiger partial charge in [0.1, 0.15) is 6.54 Å². The number of quaternary nitrogens is 2. The van der Waals surface area contributed by atoms with Crippen LogP contribution < -0.4 is 0 Å². The lowest BCUT2D eigenvalue weighted by Crippen LogP contribution is -2.53. The van der Waals surface area contributed by atoms with E-state index < -0.39 is 0 Å². The van der Waals surface area contributed by atoms with Gasteiger partial charge in [-0.2, -0.15) is 0 Å². The third-order valence-corrected chi connectivity index (χ3v) is 2.63. The van der Waals surface area contributed by atoms with Crippen molar-refractivity contribution in [2.75, 3.05) is 41.9 Å². The maximum atomic E-state index is 3.78. The molecule has 0 aliphatic carbocycles. The van der Waals surface area contributed by atoms with E-state index in [-0.39, 0.29) is 0 Å². The van der Waals surface area contributed by atoms with Crippen molar-refractivity contribution in [2.24, 2.45) is 0 Å². The van der Waals surface area contributed by atoms with Crippen molar-refractivity contribution >= 4 is 6.08 Å². The van der Waals surface area contributed by atoms with Crippen LogP contribution in [-0.2, 0) is 6.54 Å². The van der Waals surface area contributed by atoms with Crippen LogP contribution >= 0.6 is 0 Å². The summed E-state index contributed by atoms with van der Waals surface area (Å²) >= 11 is 0. The van der Waals surface area contributed by atoms with Crippen LogP contribution in [0.4, 0.5) is 0 Å². The molecule has 0 radical (unpaired) electrons. The first kappa shape index (κ1) is 13.9. The highest BCUT2D eigenvalue weighted by molar-refractivity contribution is 5.47. The molecule has 0 atom stereocenters. The van der Waals surface area contributed by atoms with Gasteiger partial charge in [-0.15, -0.1) is 0 Å². The number of nitrogens with zero attached hydrogens (tertiary/aromatic N) is 2. The molecular weight excluding hydrogens is 208 g/mol. The maximum Gasteiger partial charge on any atom is 0.206 e. The third kappa shape index (κ3) is 5.16. The Balaban J connectivity index is 2.72. The van der Waals surface area contributed by atoms with Gasteiger partial charge in [-0.3, -0.25) is 8.97 Å². The van der Waals surface area contributed by atoms with Crippen molar-refractivity contribution in [3.8, 4) is 0 Å². The van der Waals surface area contributed by atoms with E-state index in [1.165, 1.54) is 11.1 Å². The van der Waals surface area contributed by atoms with E-state index in [0.29, 0.717) is 0 Å². The maximum absolute atomic E-state index is 3.78. The molecule has 0 N–H and O–H groups in total. The molecule has 0 unspecified atom stereocenters. The van der Waals surface area contributed by atoms with Gasteiger partial charge in [-0.05, 0) is 5.56 Å². The second kappa shape index (κ2) is 5.03. The van der Waals surface area contributed by atoms with Gasteiger partial charge in [0.25, 0.3) is 0 Å². The van der Waals surface area contributed by atoms with Gasteiger partial charge >= 0.3 is 0 Å². The van der Waals surface area contributed by atoms with Gasteiger partial charge in [0, 0.05) is 5.56 Å². The van der Waals surface area contributed by atoms with Crippen LogP contribution in [0.3, 0.4) is 0 Å². The summed E-state index contributed by atoms with van der Waals surface area (Å²) < 4.78 is 1.98. The molecule has 0 spiro atoms. The molecule has 1 aromatic carbocycles. The van der Waals surface area contributed by atoms with Crippen molar-refractivity contribution in [1.82, 2.24) is 0 Å². The Hall–Kier alpha value is -1.12. The molecule has 0 aromatic heterocycles. The molecule has 0 heterocycles. The number of hydrogen-bond donors (Lipinski definition) is 0. The number of benzene rings is 1. The van der Waals surface area contributed by atoms with Crippen LogP contribution in [-0.4, -0.2) is 50.9 Å².